The van der Waals surface area contributed by atoms with E-state index in [0.29, 0.717) is 12.4 Å². The van der Waals surface area contributed by atoms with Crippen LogP contribution in [0.1, 0.15) is 137 Å². The number of aromatic hydroxyl groups is 3. The number of amides is 7. The Balaban J connectivity index is 1.09. The number of aliphatic hydroxyl groups excluding tert-OH is 6. The number of nitrogens with two attached hydrogens (primary N) is 2. The van der Waals surface area contributed by atoms with Gasteiger partial charge in [-0.1, -0.05) is 75.0 Å². The van der Waals surface area contributed by atoms with Crippen molar-refractivity contribution < 1.29 is 136 Å². The summed E-state index contributed by atoms with van der Waals surface area (Å²) in [7, 11) is -2.66. The first-order valence-electron chi connectivity index (χ1n) is 39.0. The summed E-state index contributed by atoms with van der Waals surface area (Å²) in [5, 5.41) is 134. The number of rotatable bonds is 25. The molecule has 13 rings (SSSR count). The van der Waals surface area contributed by atoms with Crippen LogP contribution in [0.25, 0.3) is 11.1 Å². The minimum atomic E-state index is -4.14. The largest absolute Gasteiger partial charge is 0.507 e. The lowest BCUT2D eigenvalue weighted by molar-refractivity contribution is -0.517. The number of hydrogen-bond donors (Lipinski definition) is 20. The number of benzene rings is 6. The standard InChI is InChI=1S/C81H97Cl2N11O27S/c1-8-9-10-23-115-41-14-16-42(17-15-41)122(113,114)87-22-21-86-33-45-51(97)30-44-59(67(45)101)43-25-37(11-18-50(43)96)60-75(107)93-64(78(110)91-62(44)79(111)112)66(100)39-13-20-53(47(83)27-39)118-55-29-40-28-54(70(55)121-80-71(69(103)68(102)56(34-95)119-80)120-58-32-81(5,85)72(104)36(4)116-58)117-52-19-12-38(26-46(52)82)65(99)63(92-74(106)49(94(6)7)24-35(2)3)77(109)88-48(31-57(84)98)73(105)89-61(40)76(108)90-60/h11-20,25-30,35-36,48-49,56,58,60-66,68-69,71-72,80,86-87,95,99-100,102-104H,6,8-10,21-24,31-34,85H2,1-5,7H3,(H11-,84,88,89,90,91,92,93,96,97,98,101,105,106,107,108,109,110,111,112)/p+1/t36?,48?,49?,56?,58?,60?,61?,62-,63?,64?,65?,66?,68?,69?,71?,72?,80?,81-/m0/s1. The van der Waals surface area contributed by atoms with Crippen LogP contribution in [0.5, 0.6) is 51.7 Å². The first-order valence-corrected chi connectivity index (χ1v) is 41.2. The molecule has 6 aromatic rings. The number of nitrogens with one attached hydrogen (secondary N) is 8. The number of carbonyl (C=O) groups excluding carboxylic acids is 7. The van der Waals surface area contributed by atoms with Gasteiger partial charge in [-0.15, -0.1) is 0 Å². The molecule has 0 radical (unpaired) electrons. The van der Waals surface area contributed by atoms with Crippen molar-refractivity contribution in [3.63, 3.8) is 0 Å². The maximum absolute atomic E-state index is 16.4. The summed E-state index contributed by atoms with van der Waals surface area (Å²) in [6.45, 7) is 10.9. The molecule has 2 saturated heterocycles. The molecule has 18 atom stereocenters. The Labute approximate surface area is 709 Å². The molecule has 658 valence electrons. The van der Waals surface area contributed by atoms with Crippen molar-refractivity contribution in [3.8, 4) is 62.9 Å². The van der Waals surface area contributed by atoms with E-state index in [-0.39, 0.29) is 53.6 Å². The maximum Gasteiger partial charge on any atom is 0.330 e. The lowest BCUT2D eigenvalue weighted by Gasteiger charge is -2.47. The van der Waals surface area contributed by atoms with Crippen LogP contribution in [0, 0.1) is 5.92 Å². The first kappa shape index (κ1) is 92.1. The molecule has 2 fully saturated rings. The second-order valence-electron chi connectivity index (χ2n) is 31.0. The van der Waals surface area contributed by atoms with Crippen molar-refractivity contribution in [2.45, 2.75) is 194 Å². The van der Waals surface area contributed by atoms with Crippen LogP contribution in [-0.4, -0.2) is 230 Å². The molecule has 7 aliphatic rings. The lowest BCUT2D eigenvalue weighted by Crippen LogP contribution is -2.64. The molecule has 7 heterocycles. The first-order chi connectivity index (χ1) is 57.7. The molecule has 38 nitrogen and oxygen atoms in total. The van der Waals surface area contributed by atoms with E-state index in [1.54, 1.807) is 13.8 Å². The van der Waals surface area contributed by atoms with Crippen LogP contribution in [0.15, 0.2) is 102 Å². The topological polar surface area (TPSA) is 589 Å². The van der Waals surface area contributed by atoms with E-state index in [1.807, 2.05) is 6.92 Å². The third-order valence-corrected chi connectivity index (χ3v) is 23.3. The molecular weight excluding hydrogens is 1660 g/mol. The number of fused-ring (bicyclic) bond motifs is 15. The molecule has 41 heteroatoms. The number of nitrogens with zero attached hydrogens (tertiary/aromatic N) is 1. The fourth-order valence-corrected chi connectivity index (χ4v) is 16.2. The van der Waals surface area contributed by atoms with E-state index < -0.39 is 270 Å². The second-order valence-corrected chi connectivity index (χ2v) is 33.6. The predicted octanol–water partition coefficient (Wildman–Crippen LogP) is 1.87. The lowest BCUT2D eigenvalue weighted by atomic mass is 9.86. The molecule has 22 N–H and O–H groups in total. The molecular formula is C81H98Cl2N11O27S+. The molecule has 6 aromatic carbocycles. The average Bonchev–Trinajstić information content (AvgIpc) is 0.750. The number of sulfonamides is 1. The molecule has 7 amide bonds. The van der Waals surface area contributed by atoms with Gasteiger partial charge in [-0.2, -0.15) is 0 Å². The quantitative estimate of drug-likeness (QED) is 0.0221. The van der Waals surface area contributed by atoms with Crippen LogP contribution in [0.3, 0.4) is 0 Å². The number of phenolic OH excluding ortho intramolecular Hbond substituents is 3. The highest BCUT2D eigenvalue weighted by molar-refractivity contribution is 7.89. The van der Waals surface area contributed by atoms with Crippen molar-refractivity contribution in [1.29, 1.82) is 0 Å². The fraction of sp³-hybridized carbons (Fsp3) is 0.444. The summed E-state index contributed by atoms with van der Waals surface area (Å²) < 4.78 is 74.9. The monoisotopic (exact) mass is 1760 g/mol. The van der Waals surface area contributed by atoms with Gasteiger partial charge >= 0.3 is 5.97 Å². The van der Waals surface area contributed by atoms with E-state index in [4.69, 9.17) is 67.8 Å². The Hall–Kier alpha value is -10.6. The number of primary amides is 1. The number of ether oxygens (including phenoxy) is 7. The van der Waals surface area contributed by atoms with E-state index in [0.717, 1.165) is 79.9 Å². The zero-order valence-electron chi connectivity index (χ0n) is 66.8. The van der Waals surface area contributed by atoms with Gasteiger partial charge in [-0.3, -0.25) is 33.6 Å². The van der Waals surface area contributed by atoms with E-state index in [2.05, 4.69) is 48.7 Å². The van der Waals surface area contributed by atoms with Gasteiger partial charge in [-0.05, 0) is 127 Å². The summed E-state index contributed by atoms with van der Waals surface area (Å²) in [6, 6.07) is 3.37. The SMILES string of the molecule is C=[N+](C)C(CC(C)C)C(=O)NC1C(=O)NC(CC(N)=O)C(=O)NC2C(=O)NC3C(=O)NC(C(=O)N[C@H](C(=O)O)c4cc(O)c(CNCCNS(=O)(=O)c5ccc(OCCCCC)cc5)c(O)c4-c4cc3ccc4O)C(O)c3ccc(c(Cl)c3)Oc3cc2cc(c3OC2OC(CO)C(O)C(O)C2OC2C[C@](C)(N)C(O)C(C)O2)Oc2ccc(cc2Cl)C1O. The highest BCUT2D eigenvalue weighted by Gasteiger charge is 2.52. The predicted molar refractivity (Wildman–Crippen MR) is 432 cm³/mol. The minimum absolute atomic E-state index is 0.102. The van der Waals surface area contributed by atoms with Crippen LogP contribution in [0.4, 0.5) is 0 Å². The maximum atomic E-state index is 16.4. The number of aliphatic carboxylic acids is 1. The van der Waals surface area contributed by atoms with Gasteiger partial charge < -0.3 is 133 Å². The Morgan fingerprint density at radius 1 is 0.738 bits per heavy atom. The number of carbonyl (C=O) groups is 8. The third kappa shape index (κ3) is 20.8. The van der Waals surface area contributed by atoms with Crippen molar-refractivity contribution in [1.82, 2.24) is 41.9 Å². The second kappa shape index (κ2) is 38.9. The Morgan fingerprint density at radius 2 is 1.36 bits per heavy atom. The summed E-state index contributed by atoms with van der Waals surface area (Å²) in [6.07, 6.45) is -16.4. The summed E-state index contributed by atoms with van der Waals surface area (Å²) in [5.41, 5.74) is 7.17. The summed E-state index contributed by atoms with van der Waals surface area (Å²) in [4.78, 5) is 119. The van der Waals surface area contributed by atoms with Crippen molar-refractivity contribution in [2.75, 3.05) is 33.4 Å². The van der Waals surface area contributed by atoms with Crippen LogP contribution in [0.2, 0.25) is 10.0 Å². The Bertz CT molecular complexity index is 5090. The number of aliphatic hydroxyl groups is 6. The molecule has 0 aliphatic carbocycles. The Kier molecular flexibility index (Phi) is 29.3. The number of hydrogen-bond acceptors (Lipinski definition) is 28. The van der Waals surface area contributed by atoms with Gasteiger partial charge in [0.2, 0.25) is 63.5 Å². The van der Waals surface area contributed by atoms with Gasteiger partial charge in [0.15, 0.2) is 29.9 Å². The molecule has 16 unspecified atom stereocenters. The number of phenols is 3. The molecule has 0 aromatic heterocycles. The van der Waals surface area contributed by atoms with Gasteiger partial charge in [-0.25, -0.2) is 22.5 Å². The summed E-state index contributed by atoms with van der Waals surface area (Å²) in [5.74, 6) is -16.5. The number of carboxylic acids is 1. The molecule has 122 heavy (non-hydrogen) atoms. The van der Waals surface area contributed by atoms with Crippen molar-refractivity contribution in [3.05, 3.63) is 140 Å². The molecule has 0 spiro atoms. The van der Waals surface area contributed by atoms with Gasteiger partial charge in [0.1, 0.15) is 109 Å². The highest BCUT2D eigenvalue weighted by atomic mass is 35.5. The average molecular weight is 1760 g/mol. The van der Waals surface area contributed by atoms with Gasteiger partial charge in [0.05, 0.1) is 52.3 Å². The van der Waals surface area contributed by atoms with Gasteiger partial charge in [0.25, 0.3) is 5.91 Å². The van der Waals surface area contributed by atoms with Crippen molar-refractivity contribution in [2.24, 2.45) is 17.4 Å². The molecule has 0 saturated carbocycles. The highest BCUT2D eigenvalue weighted by Crippen LogP contribution is 2.51. The van der Waals surface area contributed by atoms with Crippen LogP contribution >= 0.6 is 23.2 Å². The number of halogens is 2. The van der Waals surface area contributed by atoms with E-state index in [9.17, 15) is 73.9 Å². The van der Waals surface area contributed by atoms with Crippen LogP contribution < -0.4 is 72.4 Å². The minimum Gasteiger partial charge on any atom is -0.507 e. The fourth-order valence-electron chi connectivity index (χ4n) is 14.7. The zero-order chi connectivity index (χ0) is 88.8. The number of unbranched alkanes of at least 4 members (excludes halogenated alkanes) is 2. The zero-order valence-corrected chi connectivity index (χ0v) is 69.1. The number of carboxylic acid groups (broad SMARTS) is 1. The summed E-state index contributed by atoms with van der Waals surface area (Å²) >= 11 is 14.3. The van der Waals surface area contributed by atoms with E-state index >= 15 is 24.0 Å². The van der Waals surface area contributed by atoms with E-state index in [1.165, 1.54) is 61.9 Å². The normalized spacial score (nSPS) is 26.5. The van der Waals surface area contributed by atoms with Crippen LogP contribution in [-0.2, 0) is 69.1 Å². The molecule has 11 bridgehead atoms. The third-order valence-electron chi connectivity index (χ3n) is 21.3. The van der Waals surface area contributed by atoms with Crippen molar-refractivity contribution >= 4 is 87.3 Å². The molecule has 7 aliphatic heterocycles. The Morgan fingerprint density at radius 3 is 1.96 bits per heavy atom. The number of likely N-dealkylation sites (N-methyl/N-ethyl adjacent to an activating group) is 1. The van der Waals surface area contributed by atoms with Gasteiger partial charge in [0, 0.05) is 54.7 Å². The smallest absolute Gasteiger partial charge is 0.330 e.